The summed E-state index contributed by atoms with van der Waals surface area (Å²) in [4.78, 5) is 25.6. The summed E-state index contributed by atoms with van der Waals surface area (Å²) in [6.45, 7) is 13.7. The van der Waals surface area contributed by atoms with Crippen molar-refractivity contribution in [3.8, 4) is 0 Å². The molecule has 1 saturated heterocycles. The molecular formula is C30H29F2N5O. The molecule has 0 unspecified atom stereocenters. The van der Waals surface area contributed by atoms with Crippen LogP contribution in [0, 0.1) is 24.1 Å². The summed E-state index contributed by atoms with van der Waals surface area (Å²) in [6.07, 6.45) is 0. The summed E-state index contributed by atoms with van der Waals surface area (Å²) >= 11 is 0. The van der Waals surface area contributed by atoms with Crippen molar-refractivity contribution in [2.45, 2.75) is 25.9 Å². The van der Waals surface area contributed by atoms with E-state index >= 15 is 0 Å². The van der Waals surface area contributed by atoms with Crippen LogP contribution < -0.4 is 10.5 Å². The highest BCUT2D eigenvalue weighted by Gasteiger charge is 2.35. The van der Waals surface area contributed by atoms with E-state index in [0.29, 0.717) is 30.7 Å². The van der Waals surface area contributed by atoms with Crippen molar-refractivity contribution in [2.24, 2.45) is 13.0 Å². The highest BCUT2D eigenvalue weighted by Crippen LogP contribution is 2.35. The monoisotopic (exact) mass is 513 g/mol. The minimum atomic E-state index is -0.305. The lowest BCUT2D eigenvalue weighted by atomic mass is 9.92. The molecule has 2 aromatic heterocycles. The van der Waals surface area contributed by atoms with Gasteiger partial charge in [-0.3, -0.25) is 9.69 Å². The molecule has 0 bridgehead atoms. The number of piperazine rings is 1. The quantitative estimate of drug-likeness (QED) is 0.321. The number of rotatable bonds is 5. The van der Waals surface area contributed by atoms with Crippen molar-refractivity contribution in [2.75, 3.05) is 24.5 Å². The smallest absolute Gasteiger partial charge is 0.270 e. The van der Waals surface area contributed by atoms with Gasteiger partial charge in [-0.2, -0.15) is 0 Å². The second kappa shape index (κ2) is 10.3. The summed E-state index contributed by atoms with van der Waals surface area (Å²) < 4.78 is 29.1. The van der Waals surface area contributed by atoms with Crippen molar-refractivity contribution in [1.82, 2.24) is 14.5 Å². The molecule has 8 heteroatoms. The molecule has 0 saturated carbocycles. The van der Waals surface area contributed by atoms with Gasteiger partial charge in [-0.15, -0.1) is 4.98 Å². The third-order valence-electron chi connectivity index (χ3n) is 7.43. The Morgan fingerprint density at radius 3 is 2.11 bits per heavy atom. The second-order valence-corrected chi connectivity index (χ2v) is 10.1. The number of nitrogens with zero attached hydrogens (tertiary/aromatic N) is 5. The van der Waals surface area contributed by atoms with E-state index in [0.717, 1.165) is 16.8 Å². The molecule has 3 heterocycles. The predicted molar refractivity (Wildman–Crippen MR) is 145 cm³/mol. The van der Waals surface area contributed by atoms with Crippen LogP contribution in [0.3, 0.4) is 0 Å². The maximum atomic E-state index is 13.8. The number of halogens is 2. The molecule has 0 spiro atoms. The van der Waals surface area contributed by atoms with Gasteiger partial charge in [0, 0.05) is 38.8 Å². The van der Waals surface area contributed by atoms with Crippen molar-refractivity contribution in [1.29, 1.82) is 0 Å². The zero-order valence-electron chi connectivity index (χ0n) is 21.6. The Morgan fingerprint density at radius 1 is 0.947 bits per heavy atom. The van der Waals surface area contributed by atoms with Crippen molar-refractivity contribution >= 4 is 22.5 Å². The maximum Gasteiger partial charge on any atom is 0.270 e. The average molecular weight is 514 g/mol. The predicted octanol–water partition coefficient (Wildman–Crippen LogP) is 5.70. The molecule has 6 nitrogen and oxygen atoms in total. The molecular weight excluding hydrogens is 484 g/mol. The number of benzene rings is 2. The Balaban J connectivity index is 1.57. The molecule has 0 radical (unpaired) electrons. The number of hydrogen-bond donors (Lipinski definition) is 0. The average Bonchev–Trinajstić information content (AvgIpc) is 2.92. The normalized spacial score (nSPS) is 16.4. The van der Waals surface area contributed by atoms with Gasteiger partial charge in [-0.25, -0.2) is 8.78 Å². The van der Waals surface area contributed by atoms with Crippen molar-refractivity contribution in [3.63, 3.8) is 0 Å². The third kappa shape index (κ3) is 4.77. The fraction of sp³-hybridized carbons (Fsp3) is 0.300. The van der Waals surface area contributed by atoms with Gasteiger partial charge in [0.25, 0.3) is 11.4 Å². The number of fused-ring (bicyclic) bond motifs is 1. The number of aromatic nitrogens is 2. The van der Waals surface area contributed by atoms with Gasteiger partial charge in [0.05, 0.1) is 17.2 Å². The van der Waals surface area contributed by atoms with Gasteiger partial charge < -0.3 is 14.3 Å². The van der Waals surface area contributed by atoms with E-state index < -0.39 is 0 Å². The third-order valence-corrected chi connectivity index (χ3v) is 7.43. The molecule has 0 N–H and O–H groups in total. The summed E-state index contributed by atoms with van der Waals surface area (Å²) in [5.74, 6) is -0.103. The van der Waals surface area contributed by atoms with Crippen molar-refractivity contribution in [3.05, 3.63) is 111 Å². The SMILES string of the molecule is [C-]#[N+]c1ccc2c(n1)c(N1CCN(C(c3ccc(F)cc3)c3ccc(F)cc3)C[C@H]1C(C)C)cc(=O)n2C. The van der Waals surface area contributed by atoms with E-state index in [1.165, 1.54) is 24.3 Å². The summed E-state index contributed by atoms with van der Waals surface area (Å²) in [5.41, 5.74) is 3.76. The Bertz CT molecular complexity index is 1510. The van der Waals surface area contributed by atoms with Crippen molar-refractivity contribution < 1.29 is 8.78 Å². The molecule has 4 aromatic rings. The summed E-state index contributed by atoms with van der Waals surface area (Å²) in [5, 5.41) is 0. The molecule has 1 fully saturated rings. The van der Waals surface area contributed by atoms with Crippen LogP contribution in [0.4, 0.5) is 20.3 Å². The number of hydrogen-bond acceptors (Lipinski definition) is 4. The van der Waals surface area contributed by atoms with E-state index in [2.05, 4.69) is 33.5 Å². The Kier molecular flexibility index (Phi) is 6.96. The minimum absolute atomic E-state index is 0.0286. The van der Waals surface area contributed by atoms with Gasteiger partial charge in [-0.05, 0) is 53.4 Å². The zero-order chi connectivity index (χ0) is 27.0. The van der Waals surface area contributed by atoms with Crippen LogP contribution in [0.25, 0.3) is 15.9 Å². The number of aryl methyl sites for hydroxylation is 1. The van der Waals surface area contributed by atoms with E-state index in [1.54, 1.807) is 54.1 Å². The first-order chi connectivity index (χ1) is 18.3. The van der Waals surface area contributed by atoms with Crippen LogP contribution in [-0.2, 0) is 7.05 Å². The van der Waals surface area contributed by atoms with E-state index in [4.69, 9.17) is 6.57 Å². The maximum absolute atomic E-state index is 13.8. The fourth-order valence-corrected chi connectivity index (χ4v) is 5.42. The summed E-state index contributed by atoms with van der Waals surface area (Å²) in [6, 6.07) is 17.8. The molecule has 194 valence electrons. The molecule has 38 heavy (non-hydrogen) atoms. The van der Waals surface area contributed by atoms with E-state index in [-0.39, 0.29) is 41.0 Å². The van der Waals surface area contributed by atoms with Crippen LogP contribution in [0.1, 0.15) is 31.0 Å². The highest BCUT2D eigenvalue weighted by molar-refractivity contribution is 5.89. The lowest BCUT2D eigenvalue weighted by molar-refractivity contribution is 0.165. The Hall–Kier alpha value is -4.09. The zero-order valence-corrected chi connectivity index (χ0v) is 21.6. The number of anilines is 1. The topological polar surface area (TPSA) is 45.7 Å². The lowest BCUT2D eigenvalue weighted by Crippen LogP contribution is -2.56. The first-order valence-corrected chi connectivity index (χ1v) is 12.7. The van der Waals surface area contributed by atoms with Crippen LogP contribution in [-0.4, -0.2) is 40.1 Å². The standard InChI is InChI=1S/C30H29F2N5O/c1-19(2)26-18-36(30(20-5-9-22(31)10-6-20)21-7-11-23(32)12-8-21)15-16-37(26)25-17-28(38)35(4)24-13-14-27(33-3)34-29(24)25/h5-14,17,19,26,30H,15-16,18H2,1-2,4H3/t26-/m0/s1. The van der Waals surface area contributed by atoms with Crippen LogP contribution in [0.15, 0.2) is 71.5 Å². The minimum Gasteiger partial charge on any atom is -0.362 e. The van der Waals surface area contributed by atoms with E-state index in [1.807, 2.05) is 0 Å². The first-order valence-electron chi connectivity index (χ1n) is 12.7. The molecule has 1 aliphatic heterocycles. The van der Waals surface area contributed by atoms with Crippen LogP contribution in [0.5, 0.6) is 0 Å². The first kappa shape index (κ1) is 25.6. The Labute approximate surface area is 220 Å². The van der Waals surface area contributed by atoms with Gasteiger partial charge in [0.2, 0.25) is 5.52 Å². The summed E-state index contributed by atoms with van der Waals surface area (Å²) in [7, 11) is 1.71. The molecule has 1 atom stereocenters. The van der Waals surface area contributed by atoms with Gasteiger partial charge in [-0.1, -0.05) is 44.7 Å². The largest absolute Gasteiger partial charge is 0.362 e. The molecule has 1 aliphatic rings. The lowest BCUT2D eigenvalue weighted by Gasteiger charge is -2.47. The van der Waals surface area contributed by atoms with E-state index in [9.17, 15) is 13.6 Å². The fourth-order valence-electron chi connectivity index (χ4n) is 5.42. The highest BCUT2D eigenvalue weighted by atomic mass is 19.1. The second-order valence-electron chi connectivity index (χ2n) is 10.1. The van der Waals surface area contributed by atoms with Gasteiger partial charge in [0.15, 0.2) is 0 Å². The van der Waals surface area contributed by atoms with Crippen LogP contribution in [0.2, 0.25) is 0 Å². The van der Waals surface area contributed by atoms with Gasteiger partial charge in [0.1, 0.15) is 11.6 Å². The molecule has 0 aliphatic carbocycles. The van der Waals surface area contributed by atoms with Gasteiger partial charge >= 0.3 is 0 Å². The number of pyridine rings is 2. The molecule has 2 aromatic carbocycles. The molecule has 0 amide bonds. The van der Waals surface area contributed by atoms with Crippen LogP contribution >= 0.6 is 0 Å². The Morgan fingerprint density at radius 2 is 1.55 bits per heavy atom. The molecule has 5 rings (SSSR count).